The van der Waals surface area contributed by atoms with E-state index < -0.39 is 6.36 Å². The van der Waals surface area contributed by atoms with E-state index in [9.17, 15) is 13.2 Å². The van der Waals surface area contributed by atoms with Crippen molar-refractivity contribution in [2.24, 2.45) is 0 Å². The molecule has 0 heterocycles. The molecule has 2 nitrogen and oxygen atoms in total. The molecule has 0 aromatic heterocycles. The van der Waals surface area contributed by atoms with Gasteiger partial charge in [-0.05, 0) is 0 Å². The second-order valence-electron chi connectivity index (χ2n) is 0.752. The van der Waals surface area contributed by atoms with Gasteiger partial charge in [0.05, 0.1) is 0 Å². The molecule has 0 aromatic carbocycles. The highest BCUT2D eigenvalue weighted by atomic mass is 19.4. The van der Waals surface area contributed by atoms with Crippen LogP contribution < -0.4 is 5.48 Å². The highest BCUT2D eigenvalue weighted by Gasteiger charge is 2.28. The summed E-state index contributed by atoms with van der Waals surface area (Å²) < 4.78 is 32.3. The van der Waals surface area contributed by atoms with Crippen LogP contribution in [0.3, 0.4) is 0 Å². The van der Waals surface area contributed by atoms with Gasteiger partial charge in [-0.2, -0.15) is 5.48 Å². The van der Waals surface area contributed by atoms with Crippen molar-refractivity contribution in [2.75, 3.05) is 7.05 Å². The summed E-state index contributed by atoms with van der Waals surface area (Å²) in [5, 5.41) is 0. The van der Waals surface area contributed by atoms with Gasteiger partial charge in [-0.15, -0.1) is 13.2 Å². The van der Waals surface area contributed by atoms with E-state index >= 15 is 0 Å². The molecule has 7 heavy (non-hydrogen) atoms. The highest BCUT2D eigenvalue weighted by Crippen LogP contribution is 2.12. The highest BCUT2D eigenvalue weighted by molar-refractivity contribution is 4.16. The fourth-order valence-electron chi connectivity index (χ4n) is 0.116. The third-order valence-corrected chi connectivity index (χ3v) is 0.218. The van der Waals surface area contributed by atoms with E-state index in [0.717, 1.165) is 7.05 Å². The predicted octanol–water partition coefficient (Wildman–Crippen LogP) is 0.657. The van der Waals surface area contributed by atoms with Gasteiger partial charge in [-0.25, -0.2) is 4.84 Å². The van der Waals surface area contributed by atoms with Crippen molar-refractivity contribution in [2.45, 2.75) is 6.36 Å². The van der Waals surface area contributed by atoms with Crippen molar-refractivity contribution < 1.29 is 18.0 Å². The first-order chi connectivity index (χ1) is 3.06. The molecule has 0 aliphatic heterocycles. The summed E-state index contributed by atoms with van der Waals surface area (Å²) in [6, 6.07) is 0. The lowest BCUT2D eigenvalue weighted by atomic mass is 11.4. The third-order valence-electron chi connectivity index (χ3n) is 0.218. The van der Waals surface area contributed by atoms with E-state index in [4.69, 9.17) is 0 Å². The molecule has 0 atom stereocenters. The summed E-state index contributed by atoms with van der Waals surface area (Å²) in [4.78, 5) is 2.98. The predicted molar refractivity (Wildman–Crippen MR) is 16.2 cm³/mol. The third kappa shape index (κ3) is 5.71. The van der Waals surface area contributed by atoms with E-state index in [-0.39, 0.29) is 0 Å². The Hall–Kier alpha value is -0.290. The summed E-state index contributed by atoms with van der Waals surface area (Å²) in [6.45, 7) is 0. The minimum Gasteiger partial charge on any atom is -0.203 e. The lowest BCUT2D eigenvalue weighted by Crippen LogP contribution is -2.21. The molecule has 0 aliphatic carbocycles. The van der Waals surface area contributed by atoms with Crippen molar-refractivity contribution in [3.8, 4) is 0 Å². The lowest BCUT2D eigenvalue weighted by molar-refractivity contribution is -0.347. The maximum absolute atomic E-state index is 10.8. The summed E-state index contributed by atoms with van der Waals surface area (Å²) in [7, 11) is 1.04. The average molecular weight is 115 g/mol. The van der Waals surface area contributed by atoms with E-state index in [1.165, 1.54) is 5.48 Å². The lowest BCUT2D eigenvalue weighted by Gasteiger charge is -2.01. The van der Waals surface area contributed by atoms with Crippen molar-refractivity contribution in [1.29, 1.82) is 0 Å². The number of hydroxylamine groups is 1. The smallest absolute Gasteiger partial charge is 0.203 e. The molecule has 0 amide bonds. The molecule has 0 aliphatic rings. The molecule has 0 fully saturated rings. The fourth-order valence-corrected chi connectivity index (χ4v) is 0.116. The van der Waals surface area contributed by atoms with Gasteiger partial charge < -0.3 is 0 Å². The van der Waals surface area contributed by atoms with E-state index in [1.807, 2.05) is 0 Å². The molecule has 0 rings (SSSR count). The number of hydrogen-bond donors (Lipinski definition) is 1. The number of nitrogens with one attached hydrogen (secondary N) is 1. The maximum Gasteiger partial charge on any atom is 0.538 e. The Kier molecular flexibility index (Phi) is 2.04. The number of alkyl halides is 3. The topological polar surface area (TPSA) is 21.3 Å². The Balaban J connectivity index is 3.15. The van der Waals surface area contributed by atoms with Crippen molar-refractivity contribution in [1.82, 2.24) is 5.48 Å². The zero-order valence-electron chi connectivity index (χ0n) is 3.54. The minimum absolute atomic E-state index is 1.04. The average Bonchev–Trinajstić information content (AvgIpc) is 1.30. The maximum atomic E-state index is 10.8. The fraction of sp³-hybridized carbons (Fsp3) is 1.00. The van der Waals surface area contributed by atoms with E-state index in [2.05, 4.69) is 4.84 Å². The molecule has 0 unspecified atom stereocenters. The van der Waals surface area contributed by atoms with Crippen LogP contribution in [0.1, 0.15) is 0 Å². The van der Waals surface area contributed by atoms with E-state index in [0.29, 0.717) is 0 Å². The van der Waals surface area contributed by atoms with Gasteiger partial charge in [-0.1, -0.05) is 0 Å². The first kappa shape index (κ1) is 6.71. The standard InChI is InChI=1S/C2H4F3NO/c1-6-7-2(3,4)5/h6H,1H3. The molecule has 0 spiro atoms. The van der Waals surface area contributed by atoms with Gasteiger partial charge in [0, 0.05) is 7.05 Å². The molecular formula is C2H4F3NO. The summed E-state index contributed by atoms with van der Waals surface area (Å²) in [5.41, 5.74) is 1.48. The molecule has 0 aromatic rings. The molecule has 0 saturated carbocycles. The first-order valence-electron chi connectivity index (χ1n) is 1.48. The zero-order chi connectivity index (χ0) is 5.91. The van der Waals surface area contributed by atoms with Gasteiger partial charge in [0.1, 0.15) is 0 Å². The molecular weight excluding hydrogens is 111 g/mol. The second kappa shape index (κ2) is 2.13. The van der Waals surface area contributed by atoms with Crippen LogP contribution >= 0.6 is 0 Å². The molecule has 0 saturated heterocycles. The summed E-state index contributed by atoms with van der Waals surface area (Å²) >= 11 is 0. The van der Waals surface area contributed by atoms with Crippen LogP contribution in [-0.4, -0.2) is 13.4 Å². The zero-order valence-corrected chi connectivity index (χ0v) is 3.54. The normalized spacial score (nSPS) is 12.0. The van der Waals surface area contributed by atoms with Crippen molar-refractivity contribution in [3.63, 3.8) is 0 Å². The van der Waals surface area contributed by atoms with Crippen LogP contribution in [0.15, 0.2) is 0 Å². The molecule has 0 bridgehead atoms. The quantitative estimate of drug-likeness (QED) is 0.507. The van der Waals surface area contributed by atoms with Crippen LogP contribution in [0.4, 0.5) is 13.2 Å². The number of hydrogen-bond acceptors (Lipinski definition) is 2. The van der Waals surface area contributed by atoms with Gasteiger partial charge >= 0.3 is 6.36 Å². The Bertz CT molecular complexity index is 51.4. The largest absolute Gasteiger partial charge is 0.538 e. The van der Waals surface area contributed by atoms with Crippen LogP contribution in [0.5, 0.6) is 0 Å². The summed E-state index contributed by atoms with van der Waals surface area (Å²) in [5.74, 6) is 0. The Morgan fingerprint density at radius 3 is 1.86 bits per heavy atom. The van der Waals surface area contributed by atoms with Crippen LogP contribution in [0.2, 0.25) is 0 Å². The van der Waals surface area contributed by atoms with Gasteiger partial charge in [0.15, 0.2) is 0 Å². The van der Waals surface area contributed by atoms with Crippen LogP contribution in [0.25, 0.3) is 0 Å². The molecule has 0 radical (unpaired) electrons. The van der Waals surface area contributed by atoms with Crippen molar-refractivity contribution in [3.05, 3.63) is 0 Å². The van der Waals surface area contributed by atoms with E-state index in [1.54, 1.807) is 0 Å². The number of halogens is 3. The molecule has 1 N–H and O–H groups in total. The molecule has 5 heteroatoms. The van der Waals surface area contributed by atoms with Gasteiger partial charge in [0.2, 0.25) is 0 Å². The van der Waals surface area contributed by atoms with Crippen LogP contribution in [0, 0.1) is 0 Å². The van der Waals surface area contributed by atoms with Crippen LogP contribution in [-0.2, 0) is 4.84 Å². The number of rotatable bonds is 1. The second-order valence-corrected chi connectivity index (χ2v) is 0.752. The minimum atomic E-state index is -4.56. The van der Waals surface area contributed by atoms with Gasteiger partial charge in [0.25, 0.3) is 0 Å². The monoisotopic (exact) mass is 115 g/mol. The van der Waals surface area contributed by atoms with Crippen molar-refractivity contribution >= 4 is 0 Å². The summed E-state index contributed by atoms with van der Waals surface area (Å²) in [6.07, 6.45) is -4.56. The Morgan fingerprint density at radius 1 is 1.43 bits per heavy atom. The SMILES string of the molecule is CNOC(F)(F)F. The first-order valence-corrected chi connectivity index (χ1v) is 1.48. The van der Waals surface area contributed by atoms with Gasteiger partial charge in [-0.3, -0.25) is 0 Å². The Labute approximate surface area is 38.2 Å². The molecule has 44 valence electrons. The Morgan fingerprint density at radius 2 is 1.86 bits per heavy atom.